The van der Waals surface area contributed by atoms with E-state index in [-0.39, 0.29) is 5.54 Å². The predicted molar refractivity (Wildman–Crippen MR) is 80.7 cm³/mol. The second-order valence-corrected chi connectivity index (χ2v) is 6.47. The molecule has 1 aromatic carbocycles. The van der Waals surface area contributed by atoms with Crippen molar-refractivity contribution in [3.63, 3.8) is 0 Å². The maximum absolute atomic E-state index is 6.05. The zero-order valence-electron chi connectivity index (χ0n) is 11.4. The zero-order valence-corrected chi connectivity index (χ0v) is 12.9. The van der Waals surface area contributed by atoms with Crippen molar-refractivity contribution in [3.8, 4) is 0 Å². The number of ether oxygens (including phenoxy) is 2. The van der Waals surface area contributed by atoms with Crippen LogP contribution >= 0.6 is 23.2 Å². The Kier molecular flexibility index (Phi) is 4.53. The lowest BCUT2D eigenvalue weighted by atomic mass is 9.95. The molecule has 3 nitrogen and oxygen atoms in total. The Morgan fingerprint density at radius 2 is 1.75 bits per heavy atom. The molecule has 0 saturated carbocycles. The number of hydrogen-bond acceptors (Lipinski definition) is 3. The molecule has 0 radical (unpaired) electrons. The van der Waals surface area contributed by atoms with Gasteiger partial charge in [-0.15, -0.1) is 0 Å². The maximum Gasteiger partial charge on any atom is 0.0701 e. The van der Waals surface area contributed by atoms with Gasteiger partial charge in [-0.25, -0.2) is 0 Å². The Morgan fingerprint density at radius 3 is 2.45 bits per heavy atom. The van der Waals surface area contributed by atoms with Crippen LogP contribution in [-0.2, 0) is 15.9 Å². The van der Waals surface area contributed by atoms with E-state index in [1.807, 2.05) is 12.1 Å². The van der Waals surface area contributed by atoms with Gasteiger partial charge >= 0.3 is 0 Å². The van der Waals surface area contributed by atoms with Crippen molar-refractivity contribution < 1.29 is 9.47 Å². The summed E-state index contributed by atoms with van der Waals surface area (Å²) in [5, 5.41) is 1.40. The van der Waals surface area contributed by atoms with Gasteiger partial charge in [0.15, 0.2) is 0 Å². The van der Waals surface area contributed by atoms with Gasteiger partial charge in [-0.05, 0) is 36.6 Å². The molecule has 2 aliphatic heterocycles. The average molecular weight is 316 g/mol. The van der Waals surface area contributed by atoms with Crippen molar-refractivity contribution in [2.45, 2.75) is 18.4 Å². The van der Waals surface area contributed by atoms with Crippen LogP contribution in [-0.4, -0.2) is 50.0 Å². The molecular weight excluding hydrogens is 297 g/mol. The molecule has 2 saturated heterocycles. The molecule has 2 fully saturated rings. The first-order valence-corrected chi connectivity index (χ1v) is 7.79. The Hall–Kier alpha value is -0.320. The fourth-order valence-corrected chi connectivity index (χ4v) is 3.66. The minimum atomic E-state index is 0.0839. The average Bonchev–Trinajstić information content (AvgIpc) is 2.86. The molecule has 0 amide bonds. The van der Waals surface area contributed by atoms with Crippen LogP contribution in [0.2, 0.25) is 10.0 Å². The summed E-state index contributed by atoms with van der Waals surface area (Å²) in [7, 11) is 0. The second kappa shape index (κ2) is 6.20. The molecule has 1 spiro atoms. The fourth-order valence-electron chi connectivity index (χ4n) is 3.09. The van der Waals surface area contributed by atoms with Crippen LogP contribution < -0.4 is 0 Å². The normalized spacial score (nSPS) is 27.3. The SMILES string of the molecule is Clc1cc(Cl)cc(CCN2CCOCC23CCOC3)c1. The largest absolute Gasteiger partial charge is 0.379 e. The van der Waals surface area contributed by atoms with Crippen molar-refractivity contribution >= 4 is 23.2 Å². The van der Waals surface area contributed by atoms with E-state index in [1.165, 1.54) is 5.56 Å². The van der Waals surface area contributed by atoms with Gasteiger partial charge in [0.05, 0.1) is 25.4 Å². The monoisotopic (exact) mass is 315 g/mol. The van der Waals surface area contributed by atoms with E-state index >= 15 is 0 Å². The molecule has 1 atom stereocenters. The van der Waals surface area contributed by atoms with E-state index < -0.39 is 0 Å². The first kappa shape index (κ1) is 14.6. The molecule has 5 heteroatoms. The number of halogens is 2. The van der Waals surface area contributed by atoms with Gasteiger partial charge < -0.3 is 9.47 Å². The Bertz CT molecular complexity index is 455. The molecule has 1 aromatic rings. The van der Waals surface area contributed by atoms with Crippen molar-refractivity contribution in [1.29, 1.82) is 0 Å². The van der Waals surface area contributed by atoms with E-state index in [2.05, 4.69) is 4.90 Å². The lowest BCUT2D eigenvalue weighted by Crippen LogP contribution is -2.57. The summed E-state index contributed by atoms with van der Waals surface area (Å²) in [6.45, 7) is 5.16. The first-order valence-electron chi connectivity index (χ1n) is 7.03. The van der Waals surface area contributed by atoms with Crippen molar-refractivity contribution in [3.05, 3.63) is 33.8 Å². The molecule has 20 heavy (non-hydrogen) atoms. The van der Waals surface area contributed by atoms with Gasteiger partial charge in [0.25, 0.3) is 0 Å². The van der Waals surface area contributed by atoms with Crippen LogP contribution in [0.4, 0.5) is 0 Å². The van der Waals surface area contributed by atoms with Crippen LogP contribution in [0.1, 0.15) is 12.0 Å². The standard InChI is InChI=1S/C15H19Cl2NO2/c16-13-7-12(8-14(17)9-13)1-3-18-4-6-20-11-15(18)2-5-19-10-15/h7-9H,1-6,10-11H2. The third kappa shape index (κ3) is 3.12. The smallest absolute Gasteiger partial charge is 0.0701 e. The quantitative estimate of drug-likeness (QED) is 0.855. The molecular formula is C15H19Cl2NO2. The van der Waals surface area contributed by atoms with Crippen LogP contribution in [0.15, 0.2) is 18.2 Å². The van der Waals surface area contributed by atoms with E-state index in [4.69, 9.17) is 32.7 Å². The number of morpholine rings is 1. The highest BCUT2D eigenvalue weighted by atomic mass is 35.5. The van der Waals surface area contributed by atoms with Gasteiger partial charge in [-0.2, -0.15) is 0 Å². The highest BCUT2D eigenvalue weighted by Gasteiger charge is 2.42. The van der Waals surface area contributed by atoms with E-state index in [0.29, 0.717) is 10.0 Å². The van der Waals surface area contributed by atoms with E-state index in [0.717, 1.165) is 52.4 Å². The van der Waals surface area contributed by atoms with Gasteiger partial charge in [0, 0.05) is 29.7 Å². The van der Waals surface area contributed by atoms with Gasteiger partial charge in [-0.1, -0.05) is 23.2 Å². The Morgan fingerprint density at radius 1 is 1.05 bits per heavy atom. The van der Waals surface area contributed by atoms with Gasteiger partial charge in [0.1, 0.15) is 0 Å². The minimum absolute atomic E-state index is 0.0839. The molecule has 0 N–H and O–H groups in total. The van der Waals surface area contributed by atoms with E-state index in [9.17, 15) is 0 Å². The maximum atomic E-state index is 6.05. The molecule has 0 aliphatic carbocycles. The van der Waals surface area contributed by atoms with Gasteiger partial charge in [-0.3, -0.25) is 4.90 Å². The summed E-state index contributed by atoms with van der Waals surface area (Å²) >= 11 is 12.1. The van der Waals surface area contributed by atoms with Crippen LogP contribution in [0.25, 0.3) is 0 Å². The Balaban J connectivity index is 1.67. The molecule has 2 heterocycles. The molecule has 1 unspecified atom stereocenters. The first-order chi connectivity index (χ1) is 9.68. The van der Waals surface area contributed by atoms with Crippen LogP contribution in [0.5, 0.6) is 0 Å². The molecule has 110 valence electrons. The number of rotatable bonds is 3. The van der Waals surface area contributed by atoms with Crippen molar-refractivity contribution in [2.75, 3.05) is 39.5 Å². The summed E-state index contributed by atoms with van der Waals surface area (Å²) in [6.07, 6.45) is 2.01. The predicted octanol–water partition coefficient (Wildman–Crippen LogP) is 3.03. The summed E-state index contributed by atoms with van der Waals surface area (Å²) < 4.78 is 11.3. The number of nitrogens with zero attached hydrogens (tertiary/aromatic N) is 1. The lowest BCUT2D eigenvalue weighted by molar-refractivity contribution is -0.0700. The van der Waals surface area contributed by atoms with Crippen molar-refractivity contribution in [1.82, 2.24) is 4.90 Å². The zero-order chi connectivity index (χ0) is 14.0. The van der Waals surface area contributed by atoms with Crippen LogP contribution in [0, 0.1) is 0 Å². The third-order valence-electron chi connectivity index (χ3n) is 4.22. The van der Waals surface area contributed by atoms with Gasteiger partial charge in [0.2, 0.25) is 0 Å². The number of benzene rings is 1. The summed E-state index contributed by atoms with van der Waals surface area (Å²) in [4.78, 5) is 2.51. The topological polar surface area (TPSA) is 21.7 Å². The second-order valence-electron chi connectivity index (χ2n) is 5.59. The van der Waals surface area contributed by atoms with E-state index in [1.54, 1.807) is 6.07 Å². The lowest BCUT2D eigenvalue weighted by Gasteiger charge is -2.43. The molecule has 0 bridgehead atoms. The molecule has 2 aliphatic rings. The highest BCUT2D eigenvalue weighted by molar-refractivity contribution is 6.34. The fraction of sp³-hybridized carbons (Fsp3) is 0.600. The highest BCUT2D eigenvalue weighted by Crippen LogP contribution is 2.29. The van der Waals surface area contributed by atoms with Crippen LogP contribution in [0.3, 0.4) is 0 Å². The summed E-state index contributed by atoms with van der Waals surface area (Å²) in [6, 6.07) is 5.76. The summed E-state index contributed by atoms with van der Waals surface area (Å²) in [5.41, 5.74) is 1.27. The minimum Gasteiger partial charge on any atom is -0.379 e. The molecule has 0 aromatic heterocycles. The number of hydrogen-bond donors (Lipinski definition) is 0. The Labute approximate surface area is 129 Å². The molecule has 3 rings (SSSR count). The third-order valence-corrected chi connectivity index (χ3v) is 4.66. The van der Waals surface area contributed by atoms with Crippen molar-refractivity contribution in [2.24, 2.45) is 0 Å². The summed E-state index contributed by atoms with van der Waals surface area (Å²) in [5.74, 6) is 0.